The van der Waals surface area contributed by atoms with Crippen molar-refractivity contribution in [2.45, 2.75) is 32.7 Å². The number of piperidine rings is 1. The van der Waals surface area contributed by atoms with Crippen molar-refractivity contribution in [1.29, 1.82) is 0 Å². The first-order chi connectivity index (χ1) is 12.1. The highest BCUT2D eigenvalue weighted by molar-refractivity contribution is 6.34. The highest BCUT2D eigenvalue weighted by Gasteiger charge is 2.28. The second-order valence-corrected chi connectivity index (χ2v) is 6.55. The molecular weight excluding hydrogens is 342 g/mol. The first-order valence-corrected chi connectivity index (χ1v) is 9.03. The van der Waals surface area contributed by atoms with Gasteiger partial charge in [-0.25, -0.2) is 0 Å². The molecule has 134 valence electrons. The Morgan fingerprint density at radius 3 is 2.72 bits per heavy atom. The molecule has 1 aliphatic rings. The van der Waals surface area contributed by atoms with Gasteiger partial charge in [-0.3, -0.25) is 14.3 Å². The number of rotatable bonds is 5. The van der Waals surface area contributed by atoms with Crippen LogP contribution in [0.15, 0.2) is 24.3 Å². The molecule has 0 atom stereocenters. The minimum Gasteiger partial charge on any atom is -0.466 e. The number of nitrogens with zero attached hydrogens (tertiary/aromatic N) is 3. The molecule has 2 aromatic rings. The highest BCUT2D eigenvalue weighted by Crippen LogP contribution is 2.23. The monoisotopic (exact) mass is 363 g/mol. The van der Waals surface area contributed by atoms with E-state index in [-0.39, 0.29) is 17.8 Å². The third-order valence-corrected chi connectivity index (χ3v) is 4.90. The molecule has 0 saturated carbocycles. The standard InChI is InChI=1S/C18H22ClN3O3/c1-2-25-18(24)13-7-10-21(11-8-13)16(23)9-12-22-15-6-4-3-5-14(15)17(19)20-22/h3-6,13H,2,7-12H2,1H3. The maximum Gasteiger partial charge on any atom is 0.309 e. The van der Waals surface area contributed by atoms with E-state index >= 15 is 0 Å². The first-order valence-electron chi connectivity index (χ1n) is 8.65. The van der Waals surface area contributed by atoms with Crippen molar-refractivity contribution in [1.82, 2.24) is 14.7 Å². The molecule has 1 aromatic heterocycles. The maximum absolute atomic E-state index is 12.5. The average Bonchev–Trinajstić information content (AvgIpc) is 2.96. The van der Waals surface area contributed by atoms with Crippen molar-refractivity contribution in [3.05, 3.63) is 29.4 Å². The van der Waals surface area contributed by atoms with Crippen LogP contribution in [0.4, 0.5) is 0 Å². The van der Waals surface area contributed by atoms with Gasteiger partial charge in [0.05, 0.1) is 24.6 Å². The van der Waals surface area contributed by atoms with Gasteiger partial charge < -0.3 is 9.64 Å². The van der Waals surface area contributed by atoms with Crippen LogP contribution in [0.3, 0.4) is 0 Å². The zero-order valence-corrected chi connectivity index (χ0v) is 15.0. The fourth-order valence-electron chi connectivity index (χ4n) is 3.24. The van der Waals surface area contributed by atoms with Crippen LogP contribution < -0.4 is 0 Å². The Labute approximate surface area is 151 Å². The van der Waals surface area contributed by atoms with E-state index in [2.05, 4.69) is 5.10 Å². The molecule has 1 amide bonds. The van der Waals surface area contributed by atoms with Gasteiger partial charge in [-0.05, 0) is 31.9 Å². The van der Waals surface area contributed by atoms with Gasteiger partial charge in [0.15, 0.2) is 5.15 Å². The summed E-state index contributed by atoms with van der Waals surface area (Å²) in [6.45, 7) is 3.90. The van der Waals surface area contributed by atoms with E-state index in [1.807, 2.05) is 36.1 Å². The molecule has 1 fully saturated rings. The molecule has 0 unspecified atom stereocenters. The molecule has 0 bridgehead atoms. The number of esters is 1. The van der Waals surface area contributed by atoms with E-state index in [1.165, 1.54) is 0 Å². The zero-order chi connectivity index (χ0) is 17.8. The Kier molecular flexibility index (Phi) is 5.58. The van der Waals surface area contributed by atoms with E-state index < -0.39 is 0 Å². The number of ether oxygens (including phenoxy) is 1. The molecular formula is C18H22ClN3O3. The summed E-state index contributed by atoms with van der Waals surface area (Å²) < 4.78 is 6.84. The van der Waals surface area contributed by atoms with Crippen molar-refractivity contribution in [3.8, 4) is 0 Å². The molecule has 25 heavy (non-hydrogen) atoms. The fourth-order valence-corrected chi connectivity index (χ4v) is 3.49. The topological polar surface area (TPSA) is 64.4 Å². The van der Waals surface area contributed by atoms with Crippen LogP contribution in [0, 0.1) is 5.92 Å². The smallest absolute Gasteiger partial charge is 0.309 e. The molecule has 0 radical (unpaired) electrons. The lowest BCUT2D eigenvalue weighted by Crippen LogP contribution is -2.40. The van der Waals surface area contributed by atoms with Gasteiger partial charge in [0, 0.05) is 24.9 Å². The first kappa shape index (κ1) is 17.7. The van der Waals surface area contributed by atoms with Gasteiger partial charge >= 0.3 is 5.97 Å². The highest BCUT2D eigenvalue weighted by atomic mass is 35.5. The number of fused-ring (bicyclic) bond motifs is 1. The Morgan fingerprint density at radius 1 is 1.28 bits per heavy atom. The summed E-state index contributed by atoms with van der Waals surface area (Å²) in [5.74, 6) is -0.150. The maximum atomic E-state index is 12.5. The molecule has 3 rings (SSSR count). The minimum atomic E-state index is -0.146. The molecule has 0 aliphatic carbocycles. The summed E-state index contributed by atoms with van der Waals surface area (Å²) in [4.78, 5) is 26.0. The summed E-state index contributed by atoms with van der Waals surface area (Å²) in [5.41, 5.74) is 0.932. The molecule has 1 saturated heterocycles. The normalized spacial score (nSPS) is 15.5. The van der Waals surface area contributed by atoms with E-state index in [4.69, 9.17) is 16.3 Å². The van der Waals surface area contributed by atoms with Crippen LogP contribution in [-0.2, 0) is 20.9 Å². The lowest BCUT2D eigenvalue weighted by Gasteiger charge is -2.31. The number of carbonyl (C=O) groups is 2. The van der Waals surface area contributed by atoms with Gasteiger partial charge in [-0.15, -0.1) is 0 Å². The van der Waals surface area contributed by atoms with Gasteiger partial charge in [0.25, 0.3) is 0 Å². The van der Waals surface area contributed by atoms with Crippen LogP contribution in [0.2, 0.25) is 5.15 Å². The number of aromatic nitrogens is 2. The minimum absolute atomic E-state index is 0.0815. The molecule has 0 spiro atoms. The number of hydrogen-bond donors (Lipinski definition) is 0. The average molecular weight is 364 g/mol. The number of halogens is 1. The summed E-state index contributed by atoms with van der Waals surface area (Å²) in [6, 6.07) is 7.71. The molecule has 2 heterocycles. The van der Waals surface area contributed by atoms with Gasteiger partial charge in [-0.1, -0.05) is 23.7 Å². The number of carbonyl (C=O) groups excluding carboxylic acids is 2. The lowest BCUT2D eigenvalue weighted by molar-refractivity contribution is -0.151. The second kappa shape index (κ2) is 7.87. The van der Waals surface area contributed by atoms with Crippen LogP contribution in [-0.4, -0.2) is 46.3 Å². The van der Waals surface area contributed by atoms with Crippen LogP contribution in [0.25, 0.3) is 10.9 Å². The molecule has 0 N–H and O–H groups in total. The van der Waals surface area contributed by atoms with Crippen molar-refractivity contribution in [2.24, 2.45) is 5.92 Å². The number of aryl methyl sites for hydroxylation is 1. The Morgan fingerprint density at radius 2 is 2.00 bits per heavy atom. The van der Waals surface area contributed by atoms with E-state index in [1.54, 1.807) is 4.68 Å². The van der Waals surface area contributed by atoms with Crippen LogP contribution in [0.1, 0.15) is 26.2 Å². The number of benzene rings is 1. The van der Waals surface area contributed by atoms with Crippen LogP contribution >= 0.6 is 11.6 Å². The quantitative estimate of drug-likeness (QED) is 0.766. The van der Waals surface area contributed by atoms with E-state index in [0.717, 1.165) is 10.9 Å². The van der Waals surface area contributed by atoms with Gasteiger partial charge in [0.1, 0.15) is 0 Å². The predicted octanol–water partition coefficient (Wildman–Crippen LogP) is 2.88. The van der Waals surface area contributed by atoms with Crippen molar-refractivity contribution in [3.63, 3.8) is 0 Å². The molecule has 6 nitrogen and oxygen atoms in total. The third-order valence-electron chi connectivity index (χ3n) is 4.62. The van der Waals surface area contributed by atoms with Crippen molar-refractivity contribution in [2.75, 3.05) is 19.7 Å². The molecule has 1 aromatic carbocycles. The number of likely N-dealkylation sites (tertiary alicyclic amines) is 1. The Bertz CT molecular complexity index is 766. The number of hydrogen-bond acceptors (Lipinski definition) is 4. The second-order valence-electron chi connectivity index (χ2n) is 6.19. The predicted molar refractivity (Wildman–Crippen MR) is 95.3 cm³/mol. The van der Waals surface area contributed by atoms with Crippen LogP contribution in [0.5, 0.6) is 0 Å². The SMILES string of the molecule is CCOC(=O)C1CCN(C(=O)CCn2nc(Cl)c3ccccc32)CC1. The van der Waals surface area contributed by atoms with Gasteiger partial charge in [0.2, 0.25) is 5.91 Å². The van der Waals surface area contributed by atoms with Gasteiger partial charge in [-0.2, -0.15) is 5.10 Å². The largest absolute Gasteiger partial charge is 0.466 e. The zero-order valence-electron chi connectivity index (χ0n) is 14.3. The summed E-state index contributed by atoms with van der Waals surface area (Å²) >= 11 is 6.14. The lowest BCUT2D eigenvalue weighted by atomic mass is 9.97. The number of amides is 1. The van der Waals surface area contributed by atoms with E-state index in [0.29, 0.717) is 50.7 Å². The number of para-hydroxylation sites is 1. The summed E-state index contributed by atoms with van der Waals surface area (Å²) in [6.07, 6.45) is 1.70. The molecule has 1 aliphatic heterocycles. The summed E-state index contributed by atoms with van der Waals surface area (Å²) in [7, 11) is 0. The Hall–Kier alpha value is -2.08. The van der Waals surface area contributed by atoms with Crippen molar-refractivity contribution >= 4 is 34.4 Å². The fraction of sp³-hybridized carbons (Fsp3) is 0.500. The Balaban J connectivity index is 1.54. The third kappa shape index (κ3) is 3.95. The molecule has 7 heteroatoms. The van der Waals surface area contributed by atoms with Crippen molar-refractivity contribution < 1.29 is 14.3 Å². The summed E-state index contributed by atoms with van der Waals surface area (Å²) in [5, 5.41) is 5.66. The van der Waals surface area contributed by atoms with E-state index in [9.17, 15) is 9.59 Å².